The van der Waals surface area contributed by atoms with Gasteiger partial charge < -0.3 is 14.2 Å². The molecule has 0 aliphatic carbocycles. The van der Waals surface area contributed by atoms with Crippen molar-refractivity contribution < 1.29 is 28.6 Å². The molecule has 0 aliphatic rings. The fraction of sp³-hybridized carbons (Fsp3) is 0.625. The van der Waals surface area contributed by atoms with Crippen molar-refractivity contribution in [2.24, 2.45) is 0 Å². The van der Waals surface area contributed by atoms with Crippen LogP contribution in [0.25, 0.3) is 0 Å². The average Bonchev–Trinajstić information content (AvgIpc) is 3.27. The standard InChI is InChI=1S/C56H90O6/c1-4-7-10-13-16-19-22-25-27-29-31-34-37-40-43-46-49-55(58)61-52-53(51-60-54(57)48-45-42-39-36-33-24-21-18-15-12-9-6-3)62-56(59)50-47-44-41-38-35-32-30-28-26-23-20-17-14-11-8-5-2/h7,9-10,12,16,18-19,21,25,27-28,30-36,53H,4-6,8,11,13-15,17,20,22-24,26,29,37-52H2,1-3H3/b10-7-,12-9-,19-16-,21-18-,27-25-,30-28-,34-31-,35-32-,36-33-. The third-order valence-electron chi connectivity index (χ3n) is 10.0. The van der Waals surface area contributed by atoms with E-state index in [1.165, 1.54) is 44.9 Å². The van der Waals surface area contributed by atoms with Gasteiger partial charge in [0.2, 0.25) is 0 Å². The first kappa shape index (κ1) is 58.1. The van der Waals surface area contributed by atoms with Gasteiger partial charge in [-0.2, -0.15) is 0 Å². The smallest absolute Gasteiger partial charge is 0.306 e. The van der Waals surface area contributed by atoms with Crippen LogP contribution in [-0.4, -0.2) is 37.2 Å². The van der Waals surface area contributed by atoms with E-state index in [9.17, 15) is 14.4 Å². The molecule has 0 saturated heterocycles. The predicted octanol–water partition coefficient (Wildman–Crippen LogP) is 16.4. The predicted molar refractivity (Wildman–Crippen MR) is 265 cm³/mol. The highest BCUT2D eigenvalue weighted by Crippen LogP contribution is 2.12. The van der Waals surface area contributed by atoms with Crippen molar-refractivity contribution >= 4 is 17.9 Å². The lowest BCUT2D eigenvalue weighted by molar-refractivity contribution is -0.167. The maximum absolute atomic E-state index is 12.8. The Labute approximate surface area is 380 Å². The Morgan fingerprint density at radius 1 is 0.355 bits per heavy atom. The van der Waals surface area contributed by atoms with E-state index in [1.807, 2.05) is 0 Å². The molecule has 0 aromatic carbocycles. The van der Waals surface area contributed by atoms with E-state index in [4.69, 9.17) is 14.2 Å². The third-order valence-corrected chi connectivity index (χ3v) is 10.0. The van der Waals surface area contributed by atoms with Gasteiger partial charge in [-0.3, -0.25) is 14.4 Å². The van der Waals surface area contributed by atoms with Gasteiger partial charge >= 0.3 is 17.9 Å². The lowest BCUT2D eigenvalue weighted by Crippen LogP contribution is -2.30. The number of unbranched alkanes of at least 4 members (excludes halogenated alkanes) is 15. The second kappa shape index (κ2) is 49.7. The Balaban J connectivity index is 4.55. The molecule has 0 aromatic heterocycles. The summed E-state index contributed by atoms with van der Waals surface area (Å²) in [6.45, 7) is 6.30. The number of carbonyl (C=O) groups excluding carboxylic acids is 3. The lowest BCUT2D eigenvalue weighted by Gasteiger charge is -2.18. The molecule has 0 saturated carbocycles. The molecule has 0 radical (unpaired) electrons. The fourth-order valence-corrected chi connectivity index (χ4v) is 6.32. The van der Waals surface area contributed by atoms with E-state index >= 15 is 0 Å². The minimum Gasteiger partial charge on any atom is -0.462 e. The van der Waals surface area contributed by atoms with Crippen LogP contribution in [0.5, 0.6) is 0 Å². The summed E-state index contributed by atoms with van der Waals surface area (Å²) in [7, 11) is 0. The van der Waals surface area contributed by atoms with Crippen molar-refractivity contribution in [2.75, 3.05) is 13.2 Å². The zero-order valence-corrected chi connectivity index (χ0v) is 39.8. The molecule has 1 atom stereocenters. The van der Waals surface area contributed by atoms with E-state index in [2.05, 4.69) is 130 Å². The van der Waals surface area contributed by atoms with E-state index < -0.39 is 6.10 Å². The summed E-state index contributed by atoms with van der Waals surface area (Å²) in [5.74, 6) is -1.02. The SMILES string of the molecule is CC/C=C\C/C=C\C/C=C\C/C=C\CCCCCC(=O)OCC(COC(=O)CCCC/C=C\C/C=C\C/C=C\CC)OC(=O)CCCCC/C=C\C=C/CCCCCCCCC. The van der Waals surface area contributed by atoms with Crippen molar-refractivity contribution in [3.05, 3.63) is 109 Å². The molecule has 62 heavy (non-hydrogen) atoms. The number of hydrogen-bond donors (Lipinski definition) is 0. The Hall–Kier alpha value is -3.93. The van der Waals surface area contributed by atoms with Crippen LogP contribution in [0, 0.1) is 0 Å². The molecule has 0 spiro atoms. The molecule has 0 amide bonds. The van der Waals surface area contributed by atoms with Crippen LogP contribution < -0.4 is 0 Å². The van der Waals surface area contributed by atoms with Gasteiger partial charge in [0.1, 0.15) is 13.2 Å². The Bertz CT molecular complexity index is 1310. The number of allylic oxidation sites excluding steroid dienone is 18. The third kappa shape index (κ3) is 47.1. The highest BCUT2D eigenvalue weighted by molar-refractivity contribution is 5.71. The van der Waals surface area contributed by atoms with Crippen molar-refractivity contribution in [1.29, 1.82) is 0 Å². The van der Waals surface area contributed by atoms with Gasteiger partial charge in [0.05, 0.1) is 0 Å². The summed E-state index contributed by atoms with van der Waals surface area (Å²) in [5, 5.41) is 0. The van der Waals surface area contributed by atoms with Crippen molar-refractivity contribution in [1.82, 2.24) is 0 Å². The summed E-state index contributed by atoms with van der Waals surface area (Å²) in [6.07, 6.45) is 66.5. The van der Waals surface area contributed by atoms with Gasteiger partial charge in [0, 0.05) is 19.3 Å². The zero-order chi connectivity index (χ0) is 45.1. The quantitative estimate of drug-likeness (QED) is 0.0200. The van der Waals surface area contributed by atoms with Crippen LogP contribution in [0.2, 0.25) is 0 Å². The van der Waals surface area contributed by atoms with Gasteiger partial charge in [-0.25, -0.2) is 0 Å². The van der Waals surface area contributed by atoms with E-state index in [0.717, 1.165) is 116 Å². The van der Waals surface area contributed by atoms with Crippen LogP contribution in [0.4, 0.5) is 0 Å². The highest BCUT2D eigenvalue weighted by Gasteiger charge is 2.19. The molecular formula is C56H90O6. The molecule has 0 heterocycles. The van der Waals surface area contributed by atoms with Crippen LogP contribution in [0.1, 0.15) is 207 Å². The van der Waals surface area contributed by atoms with E-state index in [1.54, 1.807) is 0 Å². The van der Waals surface area contributed by atoms with Crippen molar-refractivity contribution in [2.45, 2.75) is 213 Å². The molecule has 0 N–H and O–H groups in total. The fourth-order valence-electron chi connectivity index (χ4n) is 6.32. The van der Waals surface area contributed by atoms with Gasteiger partial charge in [-0.15, -0.1) is 0 Å². The van der Waals surface area contributed by atoms with Gasteiger partial charge in [0.15, 0.2) is 6.10 Å². The summed E-state index contributed by atoms with van der Waals surface area (Å²) >= 11 is 0. The second-order valence-electron chi connectivity index (χ2n) is 16.0. The lowest BCUT2D eigenvalue weighted by atomic mass is 10.1. The largest absolute Gasteiger partial charge is 0.462 e. The molecule has 6 nitrogen and oxygen atoms in total. The summed E-state index contributed by atoms with van der Waals surface area (Å²) < 4.78 is 16.7. The van der Waals surface area contributed by atoms with Crippen LogP contribution in [0.3, 0.4) is 0 Å². The maximum Gasteiger partial charge on any atom is 0.306 e. The van der Waals surface area contributed by atoms with Crippen LogP contribution in [-0.2, 0) is 28.6 Å². The highest BCUT2D eigenvalue weighted by atomic mass is 16.6. The first-order valence-electron chi connectivity index (χ1n) is 24.9. The van der Waals surface area contributed by atoms with Crippen LogP contribution in [0.15, 0.2) is 109 Å². The molecule has 0 aliphatic heterocycles. The zero-order valence-electron chi connectivity index (χ0n) is 39.8. The molecule has 350 valence electrons. The maximum atomic E-state index is 12.8. The summed E-state index contributed by atoms with van der Waals surface area (Å²) in [6, 6.07) is 0. The summed E-state index contributed by atoms with van der Waals surface area (Å²) in [5.41, 5.74) is 0. The summed E-state index contributed by atoms with van der Waals surface area (Å²) in [4.78, 5) is 37.9. The van der Waals surface area contributed by atoms with E-state index in [-0.39, 0.29) is 37.5 Å². The average molecular weight is 859 g/mol. The Kier molecular flexibility index (Phi) is 46.6. The molecule has 0 aromatic rings. The number of esters is 3. The molecule has 1 unspecified atom stereocenters. The molecule has 0 rings (SSSR count). The van der Waals surface area contributed by atoms with Gasteiger partial charge in [0.25, 0.3) is 0 Å². The number of hydrogen-bond acceptors (Lipinski definition) is 6. The van der Waals surface area contributed by atoms with Crippen molar-refractivity contribution in [3.8, 4) is 0 Å². The monoisotopic (exact) mass is 859 g/mol. The van der Waals surface area contributed by atoms with Crippen molar-refractivity contribution in [3.63, 3.8) is 0 Å². The Morgan fingerprint density at radius 3 is 1.11 bits per heavy atom. The minimum absolute atomic E-state index is 0.120. The normalized spacial score (nSPS) is 13.0. The van der Waals surface area contributed by atoms with Gasteiger partial charge in [-0.05, 0) is 116 Å². The topological polar surface area (TPSA) is 78.9 Å². The first-order chi connectivity index (χ1) is 30.5. The van der Waals surface area contributed by atoms with Crippen LogP contribution >= 0.6 is 0 Å². The molecule has 0 fully saturated rings. The second-order valence-corrected chi connectivity index (χ2v) is 16.0. The Morgan fingerprint density at radius 2 is 0.677 bits per heavy atom. The number of ether oxygens (including phenoxy) is 3. The minimum atomic E-state index is -0.821. The molecule has 0 bridgehead atoms. The van der Waals surface area contributed by atoms with E-state index in [0.29, 0.717) is 19.3 Å². The van der Waals surface area contributed by atoms with Gasteiger partial charge in [-0.1, -0.05) is 182 Å². The molecule has 6 heteroatoms. The number of carbonyl (C=O) groups is 3. The molecular weight excluding hydrogens is 769 g/mol. The first-order valence-corrected chi connectivity index (χ1v) is 24.9. The number of rotatable bonds is 43.